The molecule has 28 heavy (non-hydrogen) atoms. The second-order valence-electron chi connectivity index (χ2n) is 6.96. The fourth-order valence-corrected chi connectivity index (χ4v) is 3.82. The molecule has 0 aliphatic heterocycles. The van der Waals surface area contributed by atoms with E-state index in [0.717, 1.165) is 15.8 Å². The number of non-ortho nitro benzene ring substituents is 1. The highest BCUT2D eigenvalue weighted by Gasteiger charge is 2.22. The maximum absolute atomic E-state index is 13.2. The molecule has 0 N–H and O–H groups in total. The molecule has 0 saturated carbocycles. The highest BCUT2D eigenvalue weighted by molar-refractivity contribution is 7.22. The van der Waals surface area contributed by atoms with Crippen LogP contribution in [0, 0.1) is 24.0 Å². The number of hydrogen-bond donors (Lipinski definition) is 0. The molecule has 0 spiro atoms. The predicted octanol–water partition coefficient (Wildman–Crippen LogP) is 4.03. The molecule has 0 unspecified atom stereocenters. The zero-order valence-electron chi connectivity index (χ0n) is 16.3. The van der Waals surface area contributed by atoms with E-state index in [1.54, 1.807) is 4.90 Å². The molecule has 2 aromatic carbocycles. The Hall–Kier alpha value is -2.84. The average molecular weight is 398 g/mol. The number of aryl methyl sites for hydroxylation is 2. The van der Waals surface area contributed by atoms with Crippen molar-refractivity contribution >= 4 is 38.3 Å². The van der Waals surface area contributed by atoms with E-state index in [4.69, 9.17) is 0 Å². The maximum Gasteiger partial charge on any atom is 0.269 e. The van der Waals surface area contributed by atoms with Crippen LogP contribution in [0.5, 0.6) is 0 Å². The second-order valence-corrected chi connectivity index (χ2v) is 7.97. The molecule has 0 saturated heterocycles. The molecule has 0 radical (unpaired) electrons. The topological polar surface area (TPSA) is 79.6 Å². The summed E-state index contributed by atoms with van der Waals surface area (Å²) in [6.07, 6.45) is 0. The van der Waals surface area contributed by atoms with Crippen LogP contribution in [0.1, 0.15) is 21.5 Å². The van der Waals surface area contributed by atoms with E-state index in [1.165, 1.54) is 41.2 Å². The van der Waals surface area contributed by atoms with Gasteiger partial charge < -0.3 is 4.90 Å². The predicted molar refractivity (Wildman–Crippen MR) is 112 cm³/mol. The van der Waals surface area contributed by atoms with Crippen LogP contribution in [0.25, 0.3) is 10.2 Å². The molecule has 0 fully saturated rings. The van der Waals surface area contributed by atoms with E-state index in [1.807, 2.05) is 32.0 Å². The zero-order chi connectivity index (χ0) is 20.4. The zero-order valence-corrected chi connectivity index (χ0v) is 17.1. The monoisotopic (exact) mass is 398 g/mol. The highest BCUT2D eigenvalue weighted by Crippen LogP contribution is 2.31. The van der Waals surface area contributed by atoms with Crippen LogP contribution < -0.4 is 4.90 Å². The Bertz CT molecular complexity index is 989. The Morgan fingerprint density at radius 3 is 2.36 bits per heavy atom. The first-order valence-electron chi connectivity index (χ1n) is 8.85. The molecule has 3 aromatic rings. The van der Waals surface area contributed by atoms with E-state index in [-0.39, 0.29) is 11.6 Å². The normalized spacial score (nSPS) is 11.2. The molecule has 0 aliphatic carbocycles. The molecular formula is C20H22N4O3S. The largest absolute Gasteiger partial charge is 0.308 e. The van der Waals surface area contributed by atoms with Crippen LogP contribution in [0.15, 0.2) is 36.4 Å². The van der Waals surface area contributed by atoms with Crippen molar-refractivity contribution in [1.82, 2.24) is 9.88 Å². The number of thiazole rings is 1. The molecule has 0 aliphatic rings. The van der Waals surface area contributed by atoms with Gasteiger partial charge in [-0.25, -0.2) is 4.98 Å². The Morgan fingerprint density at radius 2 is 1.75 bits per heavy atom. The van der Waals surface area contributed by atoms with Crippen LogP contribution in [0.4, 0.5) is 10.8 Å². The van der Waals surface area contributed by atoms with Crippen molar-refractivity contribution in [2.75, 3.05) is 32.1 Å². The lowest BCUT2D eigenvalue weighted by Gasteiger charge is -2.22. The van der Waals surface area contributed by atoms with E-state index >= 15 is 0 Å². The van der Waals surface area contributed by atoms with E-state index in [2.05, 4.69) is 18.0 Å². The molecule has 0 bridgehead atoms. The van der Waals surface area contributed by atoms with Crippen molar-refractivity contribution in [1.29, 1.82) is 0 Å². The van der Waals surface area contributed by atoms with Crippen molar-refractivity contribution in [2.24, 2.45) is 0 Å². The summed E-state index contributed by atoms with van der Waals surface area (Å²) in [6.45, 7) is 5.24. The lowest BCUT2D eigenvalue weighted by Crippen LogP contribution is -2.36. The molecule has 1 aromatic heterocycles. The summed E-state index contributed by atoms with van der Waals surface area (Å²) in [5.41, 5.74) is 3.57. The summed E-state index contributed by atoms with van der Waals surface area (Å²) in [5.74, 6) is -0.218. The summed E-state index contributed by atoms with van der Waals surface area (Å²) >= 11 is 1.48. The second kappa shape index (κ2) is 8.04. The molecule has 8 heteroatoms. The Balaban J connectivity index is 1.98. The van der Waals surface area contributed by atoms with E-state index in [0.29, 0.717) is 23.8 Å². The minimum atomic E-state index is -0.476. The summed E-state index contributed by atoms with van der Waals surface area (Å²) in [6, 6.07) is 9.80. The molecule has 7 nitrogen and oxygen atoms in total. The van der Waals surface area contributed by atoms with Gasteiger partial charge in [-0.1, -0.05) is 11.3 Å². The van der Waals surface area contributed by atoms with Gasteiger partial charge in [-0.3, -0.25) is 19.8 Å². The SMILES string of the molecule is Cc1cc2nc(N(CCN(C)C)C(=O)c3ccc([N+](=O)[O-])cc3)sc2cc1C. The number of nitro groups is 1. The number of aromatic nitrogens is 1. The summed E-state index contributed by atoms with van der Waals surface area (Å²) < 4.78 is 1.03. The van der Waals surface area contributed by atoms with Gasteiger partial charge in [0.25, 0.3) is 11.6 Å². The fourth-order valence-electron chi connectivity index (χ4n) is 2.75. The summed E-state index contributed by atoms with van der Waals surface area (Å²) in [4.78, 5) is 31.9. The maximum atomic E-state index is 13.2. The highest BCUT2D eigenvalue weighted by atomic mass is 32.1. The Labute approximate surface area is 167 Å². The quantitative estimate of drug-likeness (QED) is 0.463. The minimum Gasteiger partial charge on any atom is -0.308 e. The van der Waals surface area contributed by atoms with Gasteiger partial charge in [-0.15, -0.1) is 0 Å². The minimum absolute atomic E-state index is 0.0395. The van der Waals surface area contributed by atoms with Gasteiger partial charge in [-0.05, 0) is 63.3 Å². The third-order valence-corrected chi connectivity index (χ3v) is 5.61. The van der Waals surface area contributed by atoms with Gasteiger partial charge in [0.05, 0.1) is 15.1 Å². The number of nitro benzene ring substituents is 1. The first kappa shape index (κ1) is 19.9. The number of benzene rings is 2. The number of carbonyl (C=O) groups excluding carboxylic acids is 1. The van der Waals surface area contributed by atoms with Crippen LogP contribution in [0.3, 0.4) is 0 Å². The molecular weight excluding hydrogens is 376 g/mol. The van der Waals surface area contributed by atoms with Crippen molar-refractivity contribution in [3.05, 3.63) is 63.2 Å². The van der Waals surface area contributed by atoms with Gasteiger partial charge in [0.2, 0.25) is 0 Å². The Kier molecular flexibility index (Phi) is 5.71. The number of rotatable bonds is 6. The summed E-state index contributed by atoms with van der Waals surface area (Å²) in [5, 5.41) is 11.5. The Morgan fingerprint density at radius 1 is 1.11 bits per heavy atom. The average Bonchev–Trinajstić information content (AvgIpc) is 3.04. The van der Waals surface area contributed by atoms with Gasteiger partial charge in [0, 0.05) is 30.8 Å². The smallest absolute Gasteiger partial charge is 0.269 e. The van der Waals surface area contributed by atoms with Gasteiger partial charge in [0.15, 0.2) is 5.13 Å². The standard InChI is InChI=1S/C20H22N4O3S/c1-13-11-17-18(12-14(13)2)28-20(21-17)23(10-9-22(3)4)19(25)15-5-7-16(8-6-15)24(26)27/h5-8,11-12H,9-10H2,1-4H3. The molecule has 1 heterocycles. The number of likely N-dealkylation sites (N-methyl/N-ethyl adjacent to an activating group) is 1. The van der Waals surface area contributed by atoms with Crippen molar-refractivity contribution in [2.45, 2.75) is 13.8 Å². The van der Waals surface area contributed by atoms with Gasteiger partial charge >= 0.3 is 0 Å². The van der Waals surface area contributed by atoms with Crippen molar-refractivity contribution < 1.29 is 9.72 Å². The van der Waals surface area contributed by atoms with Crippen LogP contribution in [0.2, 0.25) is 0 Å². The van der Waals surface area contributed by atoms with Crippen LogP contribution in [-0.2, 0) is 0 Å². The number of amides is 1. The molecule has 1 amide bonds. The summed E-state index contributed by atoms with van der Waals surface area (Å²) in [7, 11) is 3.89. The molecule has 0 atom stereocenters. The molecule has 146 valence electrons. The fraction of sp³-hybridized carbons (Fsp3) is 0.300. The number of hydrogen-bond acceptors (Lipinski definition) is 6. The van der Waals surface area contributed by atoms with Crippen molar-refractivity contribution in [3.8, 4) is 0 Å². The third kappa shape index (κ3) is 4.18. The number of anilines is 1. The van der Waals surface area contributed by atoms with Gasteiger partial charge in [-0.2, -0.15) is 0 Å². The van der Waals surface area contributed by atoms with E-state index in [9.17, 15) is 14.9 Å². The lowest BCUT2D eigenvalue weighted by molar-refractivity contribution is -0.384. The number of fused-ring (bicyclic) bond motifs is 1. The van der Waals surface area contributed by atoms with Gasteiger partial charge in [0.1, 0.15) is 0 Å². The first-order chi connectivity index (χ1) is 13.3. The van der Waals surface area contributed by atoms with Crippen molar-refractivity contribution in [3.63, 3.8) is 0 Å². The lowest BCUT2D eigenvalue weighted by atomic mass is 10.1. The number of carbonyl (C=O) groups is 1. The van der Waals surface area contributed by atoms with Crippen LogP contribution >= 0.6 is 11.3 Å². The van der Waals surface area contributed by atoms with E-state index < -0.39 is 4.92 Å². The first-order valence-corrected chi connectivity index (χ1v) is 9.67. The third-order valence-electron chi connectivity index (χ3n) is 4.56. The molecule has 3 rings (SSSR count). The van der Waals surface area contributed by atoms with Crippen LogP contribution in [-0.4, -0.2) is 47.9 Å². The number of nitrogens with zero attached hydrogens (tertiary/aromatic N) is 4.